The molecule has 0 unspecified atom stereocenters. The zero-order valence-corrected chi connectivity index (χ0v) is 13.5. The van der Waals surface area contributed by atoms with Crippen molar-refractivity contribution >= 4 is 38.2 Å². The predicted octanol–water partition coefficient (Wildman–Crippen LogP) is 5.07. The van der Waals surface area contributed by atoms with Gasteiger partial charge in [-0.1, -0.05) is 48.5 Å². The van der Waals surface area contributed by atoms with Crippen LogP contribution in [0.4, 0.5) is 0 Å². The normalized spacial score (nSPS) is 11.6. The maximum absolute atomic E-state index is 12.9. The van der Waals surface area contributed by atoms with Gasteiger partial charge in [0.15, 0.2) is 0 Å². The molecule has 0 bridgehead atoms. The van der Waals surface area contributed by atoms with Crippen LogP contribution in [-0.4, -0.2) is 23.9 Å². The number of carbonyl (C=O) groups excluding carboxylic acids is 1. The van der Waals surface area contributed by atoms with E-state index in [-0.39, 0.29) is 5.91 Å². The largest absolute Gasteiger partial charge is 0.339 e. The van der Waals surface area contributed by atoms with Crippen LogP contribution in [0.15, 0.2) is 54.6 Å². The van der Waals surface area contributed by atoms with E-state index in [1.807, 2.05) is 24.8 Å². The van der Waals surface area contributed by atoms with Crippen LogP contribution >= 0.6 is 0 Å². The number of hydrogen-bond donors (Lipinski definition) is 0. The van der Waals surface area contributed by atoms with Gasteiger partial charge in [0.2, 0.25) is 0 Å². The van der Waals surface area contributed by atoms with Crippen molar-refractivity contribution in [3.8, 4) is 0 Å². The molecule has 2 nitrogen and oxygen atoms in total. The van der Waals surface area contributed by atoms with Gasteiger partial charge in [0, 0.05) is 18.7 Å². The van der Waals surface area contributed by atoms with Crippen LogP contribution in [0.5, 0.6) is 0 Å². The Kier molecular flexibility index (Phi) is 3.19. The molecule has 0 aromatic heterocycles. The molecule has 4 aromatic carbocycles. The Morgan fingerprint density at radius 1 is 0.783 bits per heavy atom. The van der Waals surface area contributed by atoms with E-state index in [1.165, 1.54) is 26.9 Å². The van der Waals surface area contributed by atoms with Crippen molar-refractivity contribution in [2.45, 2.75) is 13.8 Å². The molecular weight excluding hydrogens is 282 g/mol. The zero-order valence-electron chi connectivity index (χ0n) is 13.5. The molecule has 2 heteroatoms. The molecule has 0 saturated heterocycles. The van der Waals surface area contributed by atoms with E-state index in [0.717, 1.165) is 24.0 Å². The molecule has 0 N–H and O–H groups in total. The second kappa shape index (κ2) is 5.24. The molecule has 0 atom stereocenters. The predicted molar refractivity (Wildman–Crippen MR) is 97.4 cm³/mol. The fourth-order valence-electron chi connectivity index (χ4n) is 3.60. The van der Waals surface area contributed by atoms with Crippen LogP contribution in [0.2, 0.25) is 0 Å². The third kappa shape index (κ3) is 1.98. The molecule has 0 aliphatic heterocycles. The van der Waals surface area contributed by atoms with Crippen LogP contribution in [0.3, 0.4) is 0 Å². The third-order valence-corrected chi connectivity index (χ3v) is 4.81. The summed E-state index contributed by atoms with van der Waals surface area (Å²) in [6.45, 7) is 5.52. The van der Waals surface area contributed by atoms with Gasteiger partial charge in [0.1, 0.15) is 0 Å². The smallest absolute Gasteiger partial charge is 0.254 e. The van der Waals surface area contributed by atoms with Gasteiger partial charge in [-0.2, -0.15) is 0 Å². The standard InChI is InChI=1S/C21H19NO/c1-3-22(4-2)21(23)18-13-11-16-9-8-14-6-5-7-15-10-12-17(18)20(16)19(14)15/h5-13H,3-4H2,1-2H3. The lowest BCUT2D eigenvalue weighted by Gasteiger charge is -2.20. The lowest BCUT2D eigenvalue weighted by molar-refractivity contribution is 0.0775. The Labute approximate surface area is 135 Å². The van der Waals surface area contributed by atoms with Gasteiger partial charge in [-0.05, 0) is 52.2 Å². The molecule has 4 aromatic rings. The van der Waals surface area contributed by atoms with Gasteiger partial charge < -0.3 is 4.90 Å². The first kappa shape index (κ1) is 14.0. The first-order valence-corrected chi connectivity index (χ1v) is 8.20. The summed E-state index contributed by atoms with van der Waals surface area (Å²) >= 11 is 0. The Morgan fingerprint density at radius 2 is 1.35 bits per heavy atom. The minimum Gasteiger partial charge on any atom is -0.339 e. The quantitative estimate of drug-likeness (QED) is 0.484. The fraction of sp³-hybridized carbons (Fsp3) is 0.190. The second-order valence-electron chi connectivity index (χ2n) is 5.95. The summed E-state index contributed by atoms with van der Waals surface area (Å²) in [5.41, 5.74) is 0.805. The Bertz CT molecular complexity index is 999. The van der Waals surface area contributed by atoms with E-state index in [1.54, 1.807) is 0 Å². The first-order chi connectivity index (χ1) is 11.2. The van der Waals surface area contributed by atoms with Gasteiger partial charge in [-0.15, -0.1) is 0 Å². The van der Waals surface area contributed by atoms with Crippen molar-refractivity contribution in [2.24, 2.45) is 0 Å². The Morgan fingerprint density at radius 3 is 2.00 bits per heavy atom. The molecule has 0 radical (unpaired) electrons. The SMILES string of the molecule is CCN(CC)C(=O)c1ccc2ccc3cccc4ccc1c2c34. The maximum Gasteiger partial charge on any atom is 0.254 e. The summed E-state index contributed by atoms with van der Waals surface area (Å²) in [4.78, 5) is 14.8. The van der Waals surface area contributed by atoms with Gasteiger partial charge >= 0.3 is 0 Å². The summed E-state index contributed by atoms with van der Waals surface area (Å²) in [5, 5.41) is 7.18. The van der Waals surface area contributed by atoms with Crippen molar-refractivity contribution in [3.05, 3.63) is 60.2 Å². The number of carbonyl (C=O) groups is 1. The van der Waals surface area contributed by atoms with Gasteiger partial charge in [0.25, 0.3) is 5.91 Å². The highest BCUT2D eigenvalue weighted by atomic mass is 16.2. The summed E-state index contributed by atoms with van der Waals surface area (Å²) in [6.07, 6.45) is 0. The Hall–Kier alpha value is -2.61. The van der Waals surface area contributed by atoms with E-state index in [9.17, 15) is 4.79 Å². The van der Waals surface area contributed by atoms with Gasteiger partial charge in [-0.3, -0.25) is 4.79 Å². The second-order valence-corrected chi connectivity index (χ2v) is 5.95. The maximum atomic E-state index is 12.9. The zero-order chi connectivity index (χ0) is 16.0. The molecule has 114 valence electrons. The summed E-state index contributed by atoms with van der Waals surface area (Å²) < 4.78 is 0. The molecule has 4 rings (SSSR count). The van der Waals surface area contributed by atoms with Crippen molar-refractivity contribution in [2.75, 3.05) is 13.1 Å². The van der Waals surface area contributed by atoms with Crippen molar-refractivity contribution in [1.29, 1.82) is 0 Å². The molecule has 0 saturated carbocycles. The van der Waals surface area contributed by atoms with Gasteiger partial charge in [0.05, 0.1) is 0 Å². The van der Waals surface area contributed by atoms with Gasteiger partial charge in [-0.25, -0.2) is 0 Å². The monoisotopic (exact) mass is 301 g/mol. The molecular formula is C21H19NO. The number of benzene rings is 4. The van der Waals surface area contributed by atoms with Crippen molar-refractivity contribution < 1.29 is 4.79 Å². The van der Waals surface area contributed by atoms with Crippen molar-refractivity contribution in [1.82, 2.24) is 4.90 Å². The first-order valence-electron chi connectivity index (χ1n) is 8.20. The molecule has 23 heavy (non-hydrogen) atoms. The molecule has 0 aliphatic carbocycles. The number of hydrogen-bond acceptors (Lipinski definition) is 1. The molecule has 0 aliphatic rings. The van der Waals surface area contributed by atoms with Crippen LogP contribution in [0.25, 0.3) is 32.3 Å². The minimum absolute atomic E-state index is 0.118. The fourth-order valence-corrected chi connectivity index (χ4v) is 3.60. The molecule has 0 fully saturated rings. The highest BCUT2D eigenvalue weighted by Crippen LogP contribution is 2.36. The highest BCUT2D eigenvalue weighted by Gasteiger charge is 2.18. The Balaban J connectivity index is 2.09. The number of rotatable bonds is 3. The number of nitrogens with zero attached hydrogens (tertiary/aromatic N) is 1. The lowest BCUT2D eigenvalue weighted by Crippen LogP contribution is -2.30. The van der Waals surface area contributed by atoms with E-state index >= 15 is 0 Å². The van der Waals surface area contributed by atoms with Crippen molar-refractivity contribution in [3.63, 3.8) is 0 Å². The molecule has 0 heterocycles. The van der Waals surface area contributed by atoms with Crippen LogP contribution in [0, 0.1) is 0 Å². The van der Waals surface area contributed by atoms with E-state index in [2.05, 4.69) is 48.5 Å². The highest BCUT2D eigenvalue weighted by molar-refractivity contribution is 6.26. The average Bonchev–Trinajstić information content (AvgIpc) is 2.60. The third-order valence-electron chi connectivity index (χ3n) is 4.81. The summed E-state index contributed by atoms with van der Waals surface area (Å²) in [7, 11) is 0. The number of amides is 1. The van der Waals surface area contributed by atoms with Crippen LogP contribution in [0.1, 0.15) is 24.2 Å². The summed E-state index contributed by atoms with van der Waals surface area (Å²) in [5.74, 6) is 0.118. The van der Waals surface area contributed by atoms with E-state index in [4.69, 9.17) is 0 Å². The minimum atomic E-state index is 0.118. The topological polar surface area (TPSA) is 20.3 Å². The van der Waals surface area contributed by atoms with Crippen LogP contribution < -0.4 is 0 Å². The lowest BCUT2D eigenvalue weighted by atomic mass is 9.91. The summed E-state index contributed by atoms with van der Waals surface area (Å²) in [6, 6.07) is 19.0. The van der Waals surface area contributed by atoms with E-state index in [0.29, 0.717) is 0 Å². The average molecular weight is 301 g/mol. The van der Waals surface area contributed by atoms with E-state index < -0.39 is 0 Å². The molecule has 0 spiro atoms. The molecule has 1 amide bonds. The van der Waals surface area contributed by atoms with Crippen LogP contribution in [-0.2, 0) is 0 Å².